The van der Waals surface area contributed by atoms with E-state index >= 15 is 0 Å². The first-order chi connectivity index (χ1) is 14.7. The van der Waals surface area contributed by atoms with Crippen LogP contribution in [0.4, 0.5) is 5.69 Å². The van der Waals surface area contributed by atoms with Gasteiger partial charge in [0.15, 0.2) is 5.96 Å². The molecule has 0 saturated carbocycles. The average Bonchev–Trinajstić information content (AvgIpc) is 3.41. The number of benzene rings is 2. The molecular weight excluding hydrogens is 523 g/mol. The number of aliphatic imine (C=N–C) groups is 1. The molecule has 1 atom stereocenters. The molecule has 164 valence electrons. The van der Waals surface area contributed by atoms with Crippen LogP contribution >= 0.6 is 35.6 Å². The number of halogens is 2. The lowest BCUT2D eigenvalue weighted by Crippen LogP contribution is -2.44. The van der Waals surface area contributed by atoms with Gasteiger partial charge in [-0.2, -0.15) is 0 Å². The van der Waals surface area contributed by atoms with Gasteiger partial charge in [-0.25, -0.2) is 4.98 Å². The van der Waals surface area contributed by atoms with Crippen molar-refractivity contribution in [3.63, 3.8) is 0 Å². The predicted octanol–water partition coefficient (Wildman–Crippen LogP) is 4.15. The second kappa shape index (κ2) is 11.4. The maximum Gasteiger partial charge on any atom is 0.191 e. The van der Waals surface area contributed by atoms with E-state index in [1.165, 1.54) is 5.56 Å². The molecule has 0 aliphatic carbocycles. The molecule has 2 aromatic carbocycles. The summed E-state index contributed by atoms with van der Waals surface area (Å²) in [5.41, 5.74) is 2.42. The minimum Gasteiger partial charge on any atom is -0.369 e. The van der Waals surface area contributed by atoms with Crippen molar-refractivity contribution in [3.05, 3.63) is 83.4 Å². The molecule has 2 N–H and O–H groups in total. The highest BCUT2D eigenvalue weighted by atomic mass is 127. The fraction of sp³-hybridized carbons (Fsp3) is 0.304. The summed E-state index contributed by atoms with van der Waals surface area (Å²) in [6, 6.07) is 18.8. The third-order valence-electron chi connectivity index (χ3n) is 5.34. The minimum atomic E-state index is 0. The Labute approximate surface area is 205 Å². The zero-order valence-corrected chi connectivity index (χ0v) is 20.6. The number of hydrogen-bond donors (Lipinski definition) is 2. The maximum atomic E-state index is 6.14. The van der Waals surface area contributed by atoms with E-state index in [4.69, 9.17) is 11.6 Å². The zero-order chi connectivity index (χ0) is 20.8. The Morgan fingerprint density at radius 3 is 2.81 bits per heavy atom. The van der Waals surface area contributed by atoms with Gasteiger partial charge < -0.3 is 20.1 Å². The molecule has 1 saturated heterocycles. The van der Waals surface area contributed by atoms with Crippen molar-refractivity contribution in [1.29, 1.82) is 0 Å². The number of guanidine groups is 1. The zero-order valence-electron chi connectivity index (χ0n) is 17.5. The monoisotopic (exact) mass is 550 g/mol. The van der Waals surface area contributed by atoms with Gasteiger partial charge in [-0.3, -0.25) is 4.99 Å². The van der Waals surface area contributed by atoms with E-state index in [-0.39, 0.29) is 24.0 Å². The molecule has 1 aliphatic rings. The summed E-state index contributed by atoms with van der Waals surface area (Å²) in [4.78, 5) is 11.3. The fourth-order valence-corrected chi connectivity index (χ4v) is 3.95. The Bertz CT molecular complexity index is 990. The summed E-state index contributed by atoms with van der Waals surface area (Å²) >= 11 is 6.14. The van der Waals surface area contributed by atoms with Gasteiger partial charge in [-0.05, 0) is 30.2 Å². The van der Waals surface area contributed by atoms with Crippen molar-refractivity contribution in [3.8, 4) is 0 Å². The van der Waals surface area contributed by atoms with Gasteiger partial charge in [0.1, 0.15) is 5.82 Å². The van der Waals surface area contributed by atoms with Crippen LogP contribution in [0.5, 0.6) is 0 Å². The minimum absolute atomic E-state index is 0. The fourth-order valence-electron chi connectivity index (χ4n) is 3.77. The first kappa shape index (κ1) is 23.4. The van der Waals surface area contributed by atoms with Crippen LogP contribution < -0.4 is 15.5 Å². The summed E-state index contributed by atoms with van der Waals surface area (Å²) in [5.74, 6) is 1.77. The highest BCUT2D eigenvalue weighted by Crippen LogP contribution is 2.23. The van der Waals surface area contributed by atoms with Gasteiger partial charge in [0.2, 0.25) is 0 Å². The van der Waals surface area contributed by atoms with Crippen molar-refractivity contribution >= 4 is 47.2 Å². The van der Waals surface area contributed by atoms with Gasteiger partial charge in [0, 0.05) is 55.8 Å². The summed E-state index contributed by atoms with van der Waals surface area (Å²) in [6.07, 6.45) is 4.91. The molecule has 6 nitrogen and oxygen atoms in total. The van der Waals surface area contributed by atoms with Crippen molar-refractivity contribution in [1.82, 2.24) is 20.2 Å². The summed E-state index contributed by atoms with van der Waals surface area (Å²) < 4.78 is 2.16. The normalized spacial score (nSPS) is 16.1. The molecule has 1 fully saturated rings. The van der Waals surface area contributed by atoms with Crippen LogP contribution in [0.1, 0.15) is 17.8 Å². The standard InChI is InChI=1S/C23H27ClN6.HI/c1-25-23(28-20-10-12-29(17-20)21-9-5-8-19(24)14-21)27-15-22-26-11-13-30(22)16-18-6-3-2-4-7-18;/h2-9,11,13-14,20H,10,12,15-17H2,1H3,(H2,25,27,28);1H. The molecule has 3 aromatic rings. The summed E-state index contributed by atoms with van der Waals surface area (Å²) in [5, 5.41) is 7.71. The maximum absolute atomic E-state index is 6.14. The molecule has 0 bridgehead atoms. The van der Waals surface area contributed by atoms with Gasteiger partial charge in [-0.1, -0.05) is 48.0 Å². The molecule has 4 rings (SSSR count). The summed E-state index contributed by atoms with van der Waals surface area (Å²) in [7, 11) is 1.80. The van der Waals surface area contributed by atoms with Crippen molar-refractivity contribution in [2.45, 2.75) is 25.6 Å². The number of nitrogens with zero attached hydrogens (tertiary/aromatic N) is 4. The quantitative estimate of drug-likeness (QED) is 0.275. The largest absolute Gasteiger partial charge is 0.369 e. The Kier molecular flexibility index (Phi) is 8.60. The van der Waals surface area contributed by atoms with Gasteiger partial charge >= 0.3 is 0 Å². The van der Waals surface area contributed by atoms with Crippen molar-refractivity contribution < 1.29 is 0 Å². The highest BCUT2D eigenvalue weighted by molar-refractivity contribution is 14.0. The van der Waals surface area contributed by atoms with Crippen LogP contribution in [0.25, 0.3) is 0 Å². The van der Waals surface area contributed by atoms with Gasteiger partial charge in [0.25, 0.3) is 0 Å². The third-order valence-corrected chi connectivity index (χ3v) is 5.57. The molecular formula is C23H28ClIN6. The Morgan fingerprint density at radius 1 is 1.19 bits per heavy atom. The van der Waals surface area contributed by atoms with Crippen molar-refractivity contribution in [2.24, 2.45) is 4.99 Å². The molecule has 2 heterocycles. The van der Waals surface area contributed by atoms with Crippen LogP contribution in [0.3, 0.4) is 0 Å². The topological polar surface area (TPSA) is 57.5 Å². The Hall–Kier alpha value is -2.26. The number of nitrogens with one attached hydrogen (secondary N) is 2. The third kappa shape index (κ3) is 6.36. The van der Waals surface area contributed by atoms with Gasteiger partial charge in [-0.15, -0.1) is 24.0 Å². The molecule has 0 radical (unpaired) electrons. The van der Waals surface area contributed by atoms with Crippen LogP contribution in [0, 0.1) is 0 Å². The van der Waals surface area contributed by atoms with E-state index in [1.807, 2.05) is 36.7 Å². The van der Waals surface area contributed by atoms with Crippen LogP contribution in [-0.4, -0.2) is 41.7 Å². The molecule has 1 aliphatic heterocycles. The first-order valence-corrected chi connectivity index (χ1v) is 10.6. The second-order valence-electron chi connectivity index (χ2n) is 7.44. The lowest BCUT2D eigenvalue weighted by atomic mass is 10.2. The number of hydrogen-bond acceptors (Lipinski definition) is 3. The van der Waals surface area contributed by atoms with E-state index in [0.717, 1.165) is 48.5 Å². The van der Waals surface area contributed by atoms with Crippen LogP contribution in [-0.2, 0) is 13.1 Å². The van der Waals surface area contributed by atoms with E-state index in [2.05, 4.69) is 60.4 Å². The Balaban J connectivity index is 0.00000272. The molecule has 1 aromatic heterocycles. The van der Waals surface area contributed by atoms with Crippen LogP contribution in [0.15, 0.2) is 72.0 Å². The molecule has 0 amide bonds. The van der Waals surface area contributed by atoms with E-state index in [9.17, 15) is 0 Å². The number of rotatable bonds is 6. The highest BCUT2D eigenvalue weighted by Gasteiger charge is 2.23. The molecule has 0 spiro atoms. The van der Waals surface area contributed by atoms with E-state index in [0.29, 0.717) is 12.6 Å². The predicted molar refractivity (Wildman–Crippen MR) is 139 cm³/mol. The van der Waals surface area contributed by atoms with Gasteiger partial charge in [0.05, 0.1) is 6.54 Å². The lowest BCUT2D eigenvalue weighted by molar-refractivity contribution is 0.635. The van der Waals surface area contributed by atoms with E-state index in [1.54, 1.807) is 7.05 Å². The molecule has 1 unspecified atom stereocenters. The second-order valence-corrected chi connectivity index (χ2v) is 7.87. The SMILES string of the molecule is CN=C(NCc1nccn1Cc1ccccc1)NC1CCN(c2cccc(Cl)c2)C1.I. The van der Waals surface area contributed by atoms with E-state index < -0.39 is 0 Å². The van der Waals surface area contributed by atoms with Crippen LogP contribution in [0.2, 0.25) is 5.02 Å². The Morgan fingerprint density at radius 2 is 2.03 bits per heavy atom. The average molecular weight is 551 g/mol. The smallest absolute Gasteiger partial charge is 0.191 e. The molecule has 31 heavy (non-hydrogen) atoms. The number of imidazole rings is 1. The van der Waals surface area contributed by atoms with Crippen molar-refractivity contribution in [2.75, 3.05) is 25.0 Å². The molecule has 8 heteroatoms. The first-order valence-electron chi connectivity index (χ1n) is 10.2. The number of anilines is 1. The summed E-state index contributed by atoms with van der Waals surface area (Å²) in [6.45, 7) is 3.34. The lowest BCUT2D eigenvalue weighted by Gasteiger charge is -2.20. The number of aromatic nitrogens is 2.